The molecule has 5 nitrogen and oxygen atoms in total. The molecule has 0 bridgehead atoms. The summed E-state index contributed by atoms with van der Waals surface area (Å²) in [5.41, 5.74) is 2.38. The van der Waals surface area contributed by atoms with Crippen LogP contribution in [0.4, 0.5) is 5.69 Å². The summed E-state index contributed by atoms with van der Waals surface area (Å²) in [6.45, 7) is 4.22. The predicted molar refractivity (Wildman–Crippen MR) is 106 cm³/mol. The highest BCUT2D eigenvalue weighted by molar-refractivity contribution is 5.97. The van der Waals surface area contributed by atoms with Crippen LogP contribution in [-0.2, 0) is 11.2 Å². The van der Waals surface area contributed by atoms with Gasteiger partial charge < -0.3 is 15.0 Å². The van der Waals surface area contributed by atoms with Crippen molar-refractivity contribution >= 4 is 17.5 Å². The fraction of sp³-hybridized carbons (Fsp3) is 0.364. The van der Waals surface area contributed by atoms with Gasteiger partial charge in [-0.3, -0.25) is 9.59 Å². The molecule has 1 aliphatic rings. The molecule has 1 N–H and O–H groups in total. The number of amides is 2. The van der Waals surface area contributed by atoms with Gasteiger partial charge in [0.05, 0.1) is 6.61 Å². The molecule has 0 radical (unpaired) electrons. The van der Waals surface area contributed by atoms with Crippen LogP contribution in [0.1, 0.15) is 42.1 Å². The third-order valence-corrected chi connectivity index (χ3v) is 4.66. The van der Waals surface area contributed by atoms with Crippen molar-refractivity contribution in [2.75, 3.05) is 25.0 Å². The van der Waals surface area contributed by atoms with E-state index in [2.05, 4.69) is 5.32 Å². The largest absolute Gasteiger partial charge is 0.494 e. The molecule has 1 saturated heterocycles. The van der Waals surface area contributed by atoms with Crippen LogP contribution in [0.15, 0.2) is 48.5 Å². The van der Waals surface area contributed by atoms with Gasteiger partial charge in [0.2, 0.25) is 5.91 Å². The van der Waals surface area contributed by atoms with Gasteiger partial charge in [0.1, 0.15) is 5.75 Å². The number of aryl methyl sites for hydroxylation is 1. The Balaban J connectivity index is 1.53. The second kappa shape index (κ2) is 9.21. The highest BCUT2D eigenvalue weighted by atomic mass is 16.5. The van der Waals surface area contributed by atoms with Gasteiger partial charge in [-0.1, -0.05) is 18.2 Å². The van der Waals surface area contributed by atoms with E-state index >= 15 is 0 Å². The second-order valence-corrected chi connectivity index (χ2v) is 6.71. The van der Waals surface area contributed by atoms with Gasteiger partial charge in [0.15, 0.2) is 0 Å². The molecule has 0 saturated carbocycles. The molecule has 0 aliphatic carbocycles. The molecular formula is C22H26N2O3. The maximum atomic E-state index is 12.5. The number of nitrogens with zero attached hydrogens (tertiary/aromatic N) is 1. The first-order valence-electron chi connectivity index (χ1n) is 9.56. The zero-order valence-electron chi connectivity index (χ0n) is 15.7. The van der Waals surface area contributed by atoms with Crippen molar-refractivity contribution in [3.8, 4) is 5.75 Å². The van der Waals surface area contributed by atoms with Crippen molar-refractivity contribution in [2.24, 2.45) is 0 Å². The first-order valence-corrected chi connectivity index (χ1v) is 9.56. The quantitative estimate of drug-likeness (QED) is 0.809. The smallest absolute Gasteiger partial charge is 0.253 e. The van der Waals surface area contributed by atoms with Crippen molar-refractivity contribution < 1.29 is 14.3 Å². The highest BCUT2D eigenvalue weighted by Crippen LogP contribution is 2.17. The number of carbonyl (C=O) groups excluding carboxylic acids is 2. The summed E-state index contributed by atoms with van der Waals surface area (Å²) >= 11 is 0. The van der Waals surface area contributed by atoms with E-state index in [1.807, 2.05) is 48.2 Å². The SMILES string of the molecule is CCOc1ccc(CCC(=O)Nc2cccc(C(=O)N3CCCC3)c2)cc1. The van der Waals surface area contributed by atoms with Gasteiger partial charge in [-0.2, -0.15) is 0 Å². The number of likely N-dealkylation sites (tertiary alicyclic amines) is 1. The zero-order valence-corrected chi connectivity index (χ0v) is 15.7. The van der Waals surface area contributed by atoms with Gasteiger partial charge in [-0.15, -0.1) is 0 Å². The molecule has 3 rings (SSSR count). The molecule has 2 aromatic carbocycles. The van der Waals surface area contributed by atoms with Crippen LogP contribution in [0.3, 0.4) is 0 Å². The number of rotatable bonds is 7. The van der Waals surface area contributed by atoms with E-state index in [1.54, 1.807) is 12.1 Å². The van der Waals surface area contributed by atoms with Gasteiger partial charge in [0, 0.05) is 30.8 Å². The molecule has 0 aromatic heterocycles. The zero-order chi connectivity index (χ0) is 19.1. The number of benzene rings is 2. The number of anilines is 1. The summed E-state index contributed by atoms with van der Waals surface area (Å²) in [4.78, 5) is 26.6. The lowest BCUT2D eigenvalue weighted by molar-refractivity contribution is -0.116. The maximum Gasteiger partial charge on any atom is 0.253 e. The number of hydrogen-bond donors (Lipinski definition) is 1. The Hall–Kier alpha value is -2.82. The van der Waals surface area contributed by atoms with Gasteiger partial charge >= 0.3 is 0 Å². The van der Waals surface area contributed by atoms with Crippen LogP contribution in [0.2, 0.25) is 0 Å². The van der Waals surface area contributed by atoms with E-state index in [1.165, 1.54) is 0 Å². The van der Waals surface area contributed by atoms with Crippen LogP contribution in [-0.4, -0.2) is 36.4 Å². The standard InChI is InChI=1S/C22H26N2O3/c1-2-27-20-11-8-17(9-12-20)10-13-21(25)23-19-7-5-6-18(16-19)22(26)24-14-3-4-15-24/h5-9,11-12,16H,2-4,10,13-15H2,1H3,(H,23,25). The molecule has 0 spiro atoms. The summed E-state index contributed by atoms with van der Waals surface area (Å²) in [7, 11) is 0. The summed E-state index contributed by atoms with van der Waals surface area (Å²) < 4.78 is 5.42. The van der Waals surface area contributed by atoms with Crippen molar-refractivity contribution in [1.29, 1.82) is 0 Å². The lowest BCUT2D eigenvalue weighted by Crippen LogP contribution is -2.27. The molecule has 0 unspecified atom stereocenters. The molecule has 1 heterocycles. The van der Waals surface area contributed by atoms with Gasteiger partial charge in [-0.05, 0) is 62.1 Å². The van der Waals surface area contributed by atoms with Crippen LogP contribution >= 0.6 is 0 Å². The maximum absolute atomic E-state index is 12.5. The normalized spacial score (nSPS) is 13.4. The topological polar surface area (TPSA) is 58.6 Å². The minimum absolute atomic E-state index is 0.0398. The fourth-order valence-corrected chi connectivity index (χ4v) is 3.23. The Morgan fingerprint density at radius 1 is 1.07 bits per heavy atom. The Bertz CT molecular complexity index is 780. The Labute approximate surface area is 160 Å². The molecule has 1 aliphatic heterocycles. The fourth-order valence-electron chi connectivity index (χ4n) is 3.23. The monoisotopic (exact) mass is 366 g/mol. The van der Waals surface area contributed by atoms with Crippen molar-refractivity contribution in [1.82, 2.24) is 4.90 Å². The van der Waals surface area contributed by atoms with Crippen LogP contribution in [0, 0.1) is 0 Å². The number of carbonyl (C=O) groups is 2. The van der Waals surface area contributed by atoms with Gasteiger partial charge in [0.25, 0.3) is 5.91 Å². The average Bonchev–Trinajstić information content (AvgIpc) is 3.22. The van der Waals surface area contributed by atoms with Gasteiger partial charge in [-0.25, -0.2) is 0 Å². The van der Waals surface area contributed by atoms with E-state index in [0.717, 1.165) is 37.2 Å². The minimum Gasteiger partial charge on any atom is -0.494 e. The molecule has 0 atom stereocenters. The van der Waals surface area contributed by atoms with E-state index in [-0.39, 0.29) is 11.8 Å². The molecule has 27 heavy (non-hydrogen) atoms. The summed E-state index contributed by atoms with van der Waals surface area (Å²) in [6.07, 6.45) is 3.17. The van der Waals surface area contributed by atoms with Crippen LogP contribution in [0.5, 0.6) is 5.75 Å². The van der Waals surface area contributed by atoms with Crippen molar-refractivity contribution in [2.45, 2.75) is 32.6 Å². The lowest BCUT2D eigenvalue weighted by atomic mass is 10.1. The van der Waals surface area contributed by atoms with E-state index in [9.17, 15) is 9.59 Å². The third kappa shape index (κ3) is 5.33. The van der Waals surface area contributed by atoms with Crippen molar-refractivity contribution in [3.63, 3.8) is 0 Å². The van der Waals surface area contributed by atoms with E-state index in [0.29, 0.717) is 30.7 Å². The number of nitrogens with one attached hydrogen (secondary N) is 1. The molecular weight excluding hydrogens is 340 g/mol. The highest BCUT2D eigenvalue weighted by Gasteiger charge is 2.19. The molecule has 5 heteroatoms. The first kappa shape index (κ1) is 19.0. The molecule has 1 fully saturated rings. The summed E-state index contributed by atoms with van der Waals surface area (Å²) in [5, 5.41) is 2.90. The summed E-state index contributed by atoms with van der Waals surface area (Å²) in [5.74, 6) is 0.817. The molecule has 2 amide bonds. The van der Waals surface area contributed by atoms with E-state index in [4.69, 9.17) is 4.74 Å². The third-order valence-electron chi connectivity index (χ3n) is 4.66. The first-order chi connectivity index (χ1) is 13.2. The van der Waals surface area contributed by atoms with Crippen molar-refractivity contribution in [3.05, 3.63) is 59.7 Å². The Kier molecular flexibility index (Phi) is 6.47. The number of hydrogen-bond acceptors (Lipinski definition) is 3. The predicted octanol–water partition coefficient (Wildman–Crippen LogP) is 3.89. The Morgan fingerprint density at radius 3 is 2.52 bits per heavy atom. The van der Waals surface area contributed by atoms with Crippen LogP contribution in [0.25, 0.3) is 0 Å². The Morgan fingerprint density at radius 2 is 1.81 bits per heavy atom. The van der Waals surface area contributed by atoms with E-state index < -0.39 is 0 Å². The van der Waals surface area contributed by atoms with Crippen LogP contribution < -0.4 is 10.1 Å². The minimum atomic E-state index is -0.0605. The molecule has 142 valence electrons. The average molecular weight is 366 g/mol. The number of ether oxygens (including phenoxy) is 1. The lowest BCUT2D eigenvalue weighted by Gasteiger charge is -2.15. The second-order valence-electron chi connectivity index (χ2n) is 6.71. The molecule has 2 aromatic rings. The summed E-state index contributed by atoms with van der Waals surface area (Å²) in [6, 6.07) is 15.0.